The monoisotopic (exact) mass is 303 g/mol. The number of cyclic esters (lactones) is 1. The second-order valence-electron chi connectivity index (χ2n) is 5.66. The fourth-order valence-corrected chi connectivity index (χ4v) is 2.38. The van der Waals surface area contributed by atoms with Gasteiger partial charge in [-0.3, -0.25) is 4.79 Å². The van der Waals surface area contributed by atoms with Crippen molar-refractivity contribution in [3.8, 4) is 0 Å². The lowest BCUT2D eigenvalue weighted by Gasteiger charge is -2.22. The van der Waals surface area contributed by atoms with E-state index in [2.05, 4.69) is 0 Å². The zero-order valence-corrected chi connectivity index (χ0v) is 12.9. The quantitative estimate of drug-likeness (QED) is 0.848. The average molecular weight is 303 g/mol. The predicted octanol–water partition coefficient (Wildman–Crippen LogP) is 2.29. The first-order valence-electron chi connectivity index (χ1n) is 7.34. The van der Waals surface area contributed by atoms with Crippen molar-refractivity contribution in [2.75, 3.05) is 6.61 Å². The molecule has 0 bridgehead atoms. The van der Waals surface area contributed by atoms with Gasteiger partial charge in [-0.25, -0.2) is 9.69 Å². The van der Waals surface area contributed by atoms with E-state index in [0.717, 1.165) is 16.0 Å². The van der Waals surface area contributed by atoms with E-state index >= 15 is 0 Å². The minimum absolute atomic E-state index is 0.162. The molecule has 0 aromatic heterocycles. The molecular formula is C17H21NO4. The highest BCUT2D eigenvalue weighted by molar-refractivity contribution is 5.95. The molecule has 22 heavy (non-hydrogen) atoms. The number of hydrogen-bond donors (Lipinski definition) is 1. The van der Waals surface area contributed by atoms with Crippen molar-refractivity contribution in [3.63, 3.8) is 0 Å². The first-order valence-corrected chi connectivity index (χ1v) is 7.34. The van der Waals surface area contributed by atoms with Gasteiger partial charge in [0.2, 0.25) is 0 Å². The second kappa shape index (κ2) is 7.22. The van der Waals surface area contributed by atoms with Gasteiger partial charge in [-0.15, -0.1) is 0 Å². The molecule has 0 radical (unpaired) electrons. The zero-order valence-electron chi connectivity index (χ0n) is 12.9. The van der Waals surface area contributed by atoms with Crippen LogP contribution in [-0.2, 0) is 16.0 Å². The molecule has 118 valence electrons. The average Bonchev–Trinajstić information content (AvgIpc) is 2.85. The van der Waals surface area contributed by atoms with E-state index in [9.17, 15) is 14.7 Å². The Hall–Kier alpha value is -2.14. The molecule has 5 heteroatoms. The number of amides is 2. The Bertz CT molecular complexity index is 563. The molecule has 1 aromatic carbocycles. The Balaban J connectivity index is 2.07. The van der Waals surface area contributed by atoms with Crippen molar-refractivity contribution in [2.24, 2.45) is 0 Å². The Morgan fingerprint density at radius 2 is 2.09 bits per heavy atom. The highest BCUT2D eigenvalue weighted by atomic mass is 16.6. The number of imide groups is 1. The van der Waals surface area contributed by atoms with Crippen molar-refractivity contribution in [2.45, 2.75) is 38.8 Å². The molecule has 2 atom stereocenters. The topological polar surface area (TPSA) is 66.8 Å². The number of allylic oxidation sites excluding steroid dienone is 1. The molecule has 1 heterocycles. The van der Waals surface area contributed by atoms with Crippen LogP contribution in [0.25, 0.3) is 0 Å². The summed E-state index contributed by atoms with van der Waals surface area (Å²) < 4.78 is 4.99. The maximum Gasteiger partial charge on any atom is 0.417 e. The Morgan fingerprint density at radius 3 is 2.73 bits per heavy atom. The molecule has 1 aliphatic rings. The van der Waals surface area contributed by atoms with Gasteiger partial charge in [0.1, 0.15) is 12.7 Å². The summed E-state index contributed by atoms with van der Waals surface area (Å²) in [4.78, 5) is 25.2. The van der Waals surface area contributed by atoms with Crippen LogP contribution in [0.2, 0.25) is 0 Å². The van der Waals surface area contributed by atoms with Crippen molar-refractivity contribution in [1.29, 1.82) is 0 Å². The van der Waals surface area contributed by atoms with Crippen LogP contribution < -0.4 is 0 Å². The third-order valence-corrected chi connectivity index (χ3v) is 3.55. The van der Waals surface area contributed by atoms with Crippen molar-refractivity contribution in [1.82, 2.24) is 4.90 Å². The Morgan fingerprint density at radius 1 is 1.41 bits per heavy atom. The minimum atomic E-state index is -1.22. The van der Waals surface area contributed by atoms with E-state index in [0.29, 0.717) is 6.42 Å². The number of aliphatic hydroxyl groups excluding tert-OH is 1. The number of ether oxygens (including phenoxy) is 1. The number of rotatable bonds is 5. The normalized spacial score (nSPS) is 18.8. The lowest BCUT2D eigenvalue weighted by molar-refractivity contribution is -0.137. The van der Waals surface area contributed by atoms with E-state index < -0.39 is 18.1 Å². The largest absolute Gasteiger partial charge is 0.447 e. The number of hydrogen-bond acceptors (Lipinski definition) is 4. The SMILES string of the molecule is CC(C)=CCC(O)C(=O)N1C(=O)OC[C@@H]1Cc1ccccc1. The second-order valence-corrected chi connectivity index (χ2v) is 5.66. The van der Waals surface area contributed by atoms with Crippen molar-refractivity contribution in [3.05, 3.63) is 47.5 Å². The third-order valence-electron chi connectivity index (χ3n) is 3.55. The molecule has 5 nitrogen and oxygen atoms in total. The number of benzene rings is 1. The summed E-state index contributed by atoms with van der Waals surface area (Å²) in [6.45, 7) is 3.94. The molecule has 1 aliphatic heterocycles. The van der Waals surface area contributed by atoms with Gasteiger partial charge in [-0.1, -0.05) is 42.0 Å². The summed E-state index contributed by atoms with van der Waals surface area (Å²) in [6.07, 6.45) is 0.591. The van der Waals surface area contributed by atoms with E-state index in [1.807, 2.05) is 44.2 Å². The molecule has 1 fully saturated rings. The molecule has 1 unspecified atom stereocenters. The van der Waals surface area contributed by atoms with Crippen LogP contribution in [0.1, 0.15) is 25.8 Å². The van der Waals surface area contributed by atoms with Gasteiger partial charge in [0.25, 0.3) is 5.91 Å². The van der Waals surface area contributed by atoms with Gasteiger partial charge >= 0.3 is 6.09 Å². The molecule has 1 aromatic rings. The fourth-order valence-electron chi connectivity index (χ4n) is 2.38. The molecule has 0 aliphatic carbocycles. The van der Waals surface area contributed by atoms with E-state index in [4.69, 9.17) is 4.74 Å². The lowest BCUT2D eigenvalue weighted by atomic mass is 10.0. The molecule has 2 amide bonds. The van der Waals surface area contributed by atoms with Gasteiger partial charge in [0.05, 0.1) is 6.04 Å². The van der Waals surface area contributed by atoms with Gasteiger partial charge in [-0.2, -0.15) is 0 Å². The Kier molecular flexibility index (Phi) is 5.33. The van der Waals surface area contributed by atoms with Crippen LogP contribution in [-0.4, -0.2) is 40.8 Å². The molecule has 1 N–H and O–H groups in total. The highest BCUT2D eigenvalue weighted by Crippen LogP contribution is 2.19. The molecule has 0 saturated carbocycles. The number of carbonyl (C=O) groups excluding carboxylic acids is 2. The summed E-state index contributed by atoms with van der Waals surface area (Å²) >= 11 is 0. The van der Waals surface area contributed by atoms with Gasteiger partial charge < -0.3 is 9.84 Å². The number of nitrogens with zero attached hydrogens (tertiary/aromatic N) is 1. The fraction of sp³-hybridized carbons (Fsp3) is 0.412. The van der Waals surface area contributed by atoms with Gasteiger partial charge in [0, 0.05) is 6.42 Å². The maximum atomic E-state index is 12.3. The predicted molar refractivity (Wildman–Crippen MR) is 82.2 cm³/mol. The molecule has 1 saturated heterocycles. The van der Waals surface area contributed by atoms with E-state index in [1.165, 1.54) is 0 Å². The summed E-state index contributed by atoms with van der Waals surface area (Å²) in [5, 5.41) is 9.99. The summed E-state index contributed by atoms with van der Waals surface area (Å²) in [6, 6.07) is 9.22. The van der Waals surface area contributed by atoms with E-state index in [1.54, 1.807) is 6.08 Å². The molecular weight excluding hydrogens is 282 g/mol. The highest BCUT2D eigenvalue weighted by Gasteiger charge is 2.40. The smallest absolute Gasteiger partial charge is 0.417 e. The minimum Gasteiger partial charge on any atom is -0.447 e. The summed E-state index contributed by atoms with van der Waals surface area (Å²) in [5.74, 6) is -0.596. The molecule has 2 rings (SSSR count). The summed E-state index contributed by atoms with van der Waals surface area (Å²) in [7, 11) is 0. The van der Waals surface area contributed by atoms with E-state index in [-0.39, 0.29) is 19.1 Å². The van der Waals surface area contributed by atoms with Gasteiger partial charge in [0.15, 0.2) is 0 Å². The maximum absolute atomic E-state index is 12.3. The standard InChI is InChI=1S/C17H21NO4/c1-12(2)8-9-15(19)16(20)18-14(11-22-17(18)21)10-13-6-4-3-5-7-13/h3-8,14-15,19H,9-11H2,1-2H3/t14-,15?/m0/s1. The zero-order chi connectivity index (χ0) is 16.1. The number of aliphatic hydroxyl groups is 1. The van der Waals surface area contributed by atoms with Crippen LogP contribution >= 0.6 is 0 Å². The van der Waals surface area contributed by atoms with Crippen LogP contribution in [0.5, 0.6) is 0 Å². The summed E-state index contributed by atoms with van der Waals surface area (Å²) in [5.41, 5.74) is 2.03. The first-order chi connectivity index (χ1) is 10.5. The lowest BCUT2D eigenvalue weighted by Crippen LogP contribution is -2.45. The van der Waals surface area contributed by atoms with Crippen LogP contribution in [0.4, 0.5) is 4.79 Å². The Labute approximate surface area is 130 Å². The van der Waals surface area contributed by atoms with Crippen LogP contribution in [0, 0.1) is 0 Å². The molecule has 0 spiro atoms. The van der Waals surface area contributed by atoms with Crippen molar-refractivity contribution < 1.29 is 19.4 Å². The van der Waals surface area contributed by atoms with Gasteiger partial charge in [-0.05, 0) is 25.8 Å². The van der Waals surface area contributed by atoms with Crippen LogP contribution in [0.15, 0.2) is 42.0 Å². The first kappa shape index (κ1) is 16.2. The number of carbonyl (C=O) groups is 2. The third kappa shape index (κ3) is 3.95. The van der Waals surface area contributed by atoms with Crippen LogP contribution in [0.3, 0.4) is 0 Å². The van der Waals surface area contributed by atoms with Crippen molar-refractivity contribution >= 4 is 12.0 Å².